The number of hydrogen-bond acceptors (Lipinski definition) is 1. The Morgan fingerprint density at radius 3 is 1.43 bits per heavy atom. The molecule has 0 heterocycles. The van der Waals surface area contributed by atoms with E-state index in [0.717, 1.165) is 38.5 Å². The fourth-order valence-corrected chi connectivity index (χ4v) is 1.93. The summed E-state index contributed by atoms with van der Waals surface area (Å²) in [6.45, 7) is 2.56. The Morgan fingerprint density at radius 2 is 1.00 bits per heavy atom. The summed E-state index contributed by atoms with van der Waals surface area (Å²) in [6.07, 6.45) is 29.3. The normalized spacial score (nSPS) is 12.7. The second kappa shape index (κ2) is 18.9. The van der Waals surface area contributed by atoms with Crippen molar-refractivity contribution in [3.05, 3.63) is 48.6 Å². The fourth-order valence-electron chi connectivity index (χ4n) is 1.93. The lowest BCUT2D eigenvalue weighted by Crippen LogP contribution is -1.79. The van der Waals surface area contributed by atoms with E-state index in [1.165, 1.54) is 25.7 Å². The maximum atomic E-state index is 8.65. The van der Waals surface area contributed by atoms with E-state index in [-0.39, 0.29) is 0 Å². The quantitative estimate of drug-likeness (QED) is 0.301. The van der Waals surface area contributed by atoms with Crippen molar-refractivity contribution in [1.29, 1.82) is 0 Å². The predicted octanol–water partition coefficient (Wildman–Crippen LogP) is 6.12. The van der Waals surface area contributed by atoms with Crippen molar-refractivity contribution in [2.24, 2.45) is 0 Å². The largest absolute Gasteiger partial charge is 0.396 e. The number of rotatable bonds is 14. The number of allylic oxidation sites excluding steroid dienone is 8. The minimum Gasteiger partial charge on any atom is -0.396 e. The highest BCUT2D eigenvalue weighted by atomic mass is 16.2. The molecule has 0 aromatic carbocycles. The summed E-state index contributed by atoms with van der Waals surface area (Å²) >= 11 is 0. The lowest BCUT2D eigenvalue weighted by Gasteiger charge is -1.91. The van der Waals surface area contributed by atoms with Gasteiger partial charge in [0.25, 0.3) is 0 Å². The van der Waals surface area contributed by atoms with Crippen LogP contribution in [0.1, 0.15) is 71.1 Å². The van der Waals surface area contributed by atoms with E-state index in [1.54, 1.807) is 0 Å². The first-order valence-corrected chi connectivity index (χ1v) is 8.62. The number of aliphatic hydroxyl groups is 1. The van der Waals surface area contributed by atoms with E-state index in [0.29, 0.717) is 6.61 Å². The Balaban J connectivity index is 3.35. The van der Waals surface area contributed by atoms with Crippen LogP contribution in [0.5, 0.6) is 0 Å². The van der Waals surface area contributed by atoms with Crippen LogP contribution >= 0.6 is 0 Å². The van der Waals surface area contributed by atoms with Gasteiger partial charge in [0.1, 0.15) is 0 Å². The highest BCUT2D eigenvalue weighted by molar-refractivity contribution is 4.99. The highest BCUT2D eigenvalue weighted by Gasteiger charge is 1.82. The molecule has 0 aliphatic carbocycles. The Hall–Kier alpha value is -1.08. The topological polar surface area (TPSA) is 20.2 Å². The summed E-state index contributed by atoms with van der Waals surface area (Å²) in [5.41, 5.74) is 0. The molecule has 21 heavy (non-hydrogen) atoms. The van der Waals surface area contributed by atoms with Crippen molar-refractivity contribution in [1.82, 2.24) is 0 Å². The SMILES string of the molecule is CCCCCC=CCC=CCC=CC/C=C/CCCCO. The van der Waals surface area contributed by atoms with Gasteiger partial charge >= 0.3 is 0 Å². The lowest BCUT2D eigenvalue weighted by atomic mass is 10.2. The zero-order valence-electron chi connectivity index (χ0n) is 13.8. The Bertz CT molecular complexity index is 267. The zero-order valence-corrected chi connectivity index (χ0v) is 13.8. The van der Waals surface area contributed by atoms with Crippen molar-refractivity contribution in [3.8, 4) is 0 Å². The van der Waals surface area contributed by atoms with Gasteiger partial charge in [0.05, 0.1) is 0 Å². The van der Waals surface area contributed by atoms with E-state index in [1.807, 2.05) is 0 Å². The molecule has 0 atom stereocenters. The van der Waals surface area contributed by atoms with Gasteiger partial charge in [-0.15, -0.1) is 0 Å². The number of aliphatic hydroxyl groups excluding tert-OH is 1. The third-order valence-corrected chi connectivity index (χ3v) is 3.24. The lowest BCUT2D eigenvalue weighted by molar-refractivity contribution is 0.285. The van der Waals surface area contributed by atoms with Crippen LogP contribution in [-0.4, -0.2) is 11.7 Å². The second-order valence-electron chi connectivity index (χ2n) is 5.31. The molecule has 0 saturated carbocycles. The van der Waals surface area contributed by atoms with Crippen molar-refractivity contribution < 1.29 is 5.11 Å². The van der Waals surface area contributed by atoms with Gasteiger partial charge in [-0.25, -0.2) is 0 Å². The summed E-state index contributed by atoms with van der Waals surface area (Å²) in [7, 11) is 0. The summed E-state index contributed by atoms with van der Waals surface area (Å²) in [6, 6.07) is 0. The molecule has 0 radical (unpaired) electrons. The van der Waals surface area contributed by atoms with E-state index < -0.39 is 0 Å². The fraction of sp³-hybridized carbons (Fsp3) is 0.600. The van der Waals surface area contributed by atoms with Crippen LogP contribution in [0.15, 0.2) is 48.6 Å². The molecule has 0 aliphatic rings. The van der Waals surface area contributed by atoms with Gasteiger partial charge in [-0.3, -0.25) is 0 Å². The van der Waals surface area contributed by atoms with E-state index >= 15 is 0 Å². The molecule has 0 fully saturated rings. The summed E-state index contributed by atoms with van der Waals surface area (Å²) in [5.74, 6) is 0. The van der Waals surface area contributed by atoms with Crippen LogP contribution in [0.3, 0.4) is 0 Å². The molecule has 1 N–H and O–H groups in total. The smallest absolute Gasteiger partial charge is 0.0431 e. The average Bonchev–Trinajstić information content (AvgIpc) is 2.50. The van der Waals surface area contributed by atoms with Gasteiger partial charge in [-0.05, 0) is 51.4 Å². The predicted molar refractivity (Wildman–Crippen MR) is 95.5 cm³/mol. The number of hydrogen-bond donors (Lipinski definition) is 1. The minimum absolute atomic E-state index is 0.313. The molecule has 0 aromatic rings. The summed E-state index contributed by atoms with van der Waals surface area (Å²) in [4.78, 5) is 0. The van der Waals surface area contributed by atoms with Crippen molar-refractivity contribution >= 4 is 0 Å². The zero-order chi connectivity index (χ0) is 15.4. The maximum absolute atomic E-state index is 8.65. The average molecular weight is 290 g/mol. The van der Waals surface area contributed by atoms with E-state index in [9.17, 15) is 0 Å². The van der Waals surface area contributed by atoms with Crippen LogP contribution in [0.4, 0.5) is 0 Å². The molecule has 0 amide bonds. The molecule has 0 aromatic heterocycles. The van der Waals surface area contributed by atoms with Crippen molar-refractivity contribution in [2.45, 2.75) is 71.1 Å². The first-order valence-electron chi connectivity index (χ1n) is 8.62. The molecule has 0 spiro atoms. The molecule has 0 saturated heterocycles. The van der Waals surface area contributed by atoms with Gasteiger partial charge in [-0.2, -0.15) is 0 Å². The molecule has 0 rings (SSSR count). The first-order chi connectivity index (χ1) is 10.4. The van der Waals surface area contributed by atoms with Crippen LogP contribution in [-0.2, 0) is 0 Å². The highest BCUT2D eigenvalue weighted by Crippen LogP contribution is 2.01. The summed E-state index contributed by atoms with van der Waals surface area (Å²) in [5, 5.41) is 8.65. The molecule has 0 bridgehead atoms. The van der Waals surface area contributed by atoms with Gasteiger partial charge in [0.2, 0.25) is 0 Å². The van der Waals surface area contributed by atoms with Crippen molar-refractivity contribution in [2.75, 3.05) is 6.61 Å². The third-order valence-electron chi connectivity index (χ3n) is 3.24. The summed E-state index contributed by atoms with van der Waals surface area (Å²) < 4.78 is 0. The Morgan fingerprint density at radius 1 is 0.571 bits per heavy atom. The van der Waals surface area contributed by atoms with Gasteiger partial charge in [-0.1, -0.05) is 68.4 Å². The standard InChI is InChI=1S/C20H34O/c1-2-3-4-5-6-7-8-9-10-11-12-13-14-15-16-17-18-19-20-21/h6-7,9-10,12-13,15-16,21H,2-5,8,11,14,17-20H2,1H3/b7-6?,10-9?,13-12?,16-15+. The first kappa shape index (κ1) is 19.9. The molecule has 0 aliphatic heterocycles. The van der Waals surface area contributed by atoms with Gasteiger partial charge in [0.15, 0.2) is 0 Å². The third kappa shape index (κ3) is 18.9. The van der Waals surface area contributed by atoms with E-state index in [2.05, 4.69) is 55.5 Å². The molecular weight excluding hydrogens is 256 g/mol. The molecule has 0 unspecified atom stereocenters. The minimum atomic E-state index is 0.313. The number of unbranched alkanes of at least 4 members (excludes halogenated alkanes) is 5. The molecule has 120 valence electrons. The molecule has 1 heteroatoms. The molecule has 1 nitrogen and oxygen atoms in total. The van der Waals surface area contributed by atoms with Crippen LogP contribution in [0.25, 0.3) is 0 Å². The Kier molecular flexibility index (Phi) is 17.9. The Labute approximate surface area is 132 Å². The van der Waals surface area contributed by atoms with Crippen LogP contribution in [0, 0.1) is 0 Å². The second-order valence-corrected chi connectivity index (χ2v) is 5.31. The van der Waals surface area contributed by atoms with Crippen LogP contribution in [0.2, 0.25) is 0 Å². The van der Waals surface area contributed by atoms with Crippen LogP contribution < -0.4 is 0 Å². The van der Waals surface area contributed by atoms with Gasteiger partial charge in [0, 0.05) is 6.61 Å². The van der Waals surface area contributed by atoms with Gasteiger partial charge < -0.3 is 5.11 Å². The van der Waals surface area contributed by atoms with Crippen molar-refractivity contribution in [3.63, 3.8) is 0 Å². The molecular formula is C20H34O. The maximum Gasteiger partial charge on any atom is 0.0431 e. The monoisotopic (exact) mass is 290 g/mol. The van der Waals surface area contributed by atoms with E-state index in [4.69, 9.17) is 5.11 Å².